The van der Waals surface area contributed by atoms with Crippen LogP contribution in [0.2, 0.25) is 0 Å². The Labute approximate surface area is 127 Å². The van der Waals surface area contributed by atoms with Crippen molar-refractivity contribution < 1.29 is 14.3 Å². The third-order valence-electron chi connectivity index (χ3n) is 3.68. The van der Waals surface area contributed by atoms with E-state index in [-0.39, 0.29) is 12.4 Å². The lowest BCUT2D eigenvalue weighted by Gasteiger charge is -2.24. The van der Waals surface area contributed by atoms with Crippen LogP contribution in [0.5, 0.6) is 0 Å². The summed E-state index contributed by atoms with van der Waals surface area (Å²) in [6, 6.07) is 6.27. The Morgan fingerprint density at radius 2 is 2.27 bits per heavy atom. The van der Waals surface area contributed by atoms with E-state index in [1.54, 1.807) is 23.0 Å². The van der Waals surface area contributed by atoms with Gasteiger partial charge in [0.2, 0.25) is 0 Å². The SMILES string of the molecule is O=C(O)CN1CC=C(c2cnn(-c3cccc(F)c3)c2)CC1. The standard InChI is InChI=1S/C16H16FN3O2/c17-14-2-1-3-15(8-14)20-10-13(9-18-20)12-4-6-19(7-5-12)11-16(21)22/h1-4,8-10H,5-7,11H2,(H,21,22). The molecule has 0 bridgehead atoms. The highest BCUT2D eigenvalue weighted by molar-refractivity contribution is 5.70. The minimum atomic E-state index is -0.809. The molecule has 0 atom stereocenters. The fourth-order valence-corrected chi connectivity index (χ4v) is 2.56. The third kappa shape index (κ3) is 3.23. The lowest BCUT2D eigenvalue weighted by Crippen LogP contribution is -2.33. The minimum Gasteiger partial charge on any atom is -0.480 e. The zero-order valence-electron chi connectivity index (χ0n) is 11.9. The molecule has 0 aliphatic carbocycles. The molecule has 1 aromatic carbocycles. The van der Waals surface area contributed by atoms with E-state index in [0.717, 1.165) is 17.6 Å². The normalized spacial score (nSPS) is 15.6. The number of carbonyl (C=O) groups is 1. The first kappa shape index (κ1) is 14.5. The highest BCUT2D eigenvalue weighted by Gasteiger charge is 2.16. The monoisotopic (exact) mass is 301 g/mol. The molecule has 1 aliphatic rings. The maximum absolute atomic E-state index is 13.3. The van der Waals surface area contributed by atoms with E-state index in [0.29, 0.717) is 18.8 Å². The number of carboxylic acids is 1. The molecule has 3 rings (SSSR count). The van der Waals surface area contributed by atoms with Crippen molar-refractivity contribution in [2.24, 2.45) is 0 Å². The first-order chi connectivity index (χ1) is 10.6. The van der Waals surface area contributed by atoms with Gasteiger partial charge in [0.15, 0.2) is 0 Å². The fraction of sp³-hybridized carbons (Fsp3) is 0.250. The molecule has 0 amide bonds. The van der Waals surface area contributed by atoms with Crippen molar-refractivity contribution in [1.82, 2.24) is 14.7 Å². The highest BCUT2D eigenvalue weighted by Crippen LogP contribution is 2.22. The average Bonchev–Trinajstić information content (AvgIpc) is 2.97. The maximum atomic E-state index is 13.3. The van der Waals surface area contributed by atoms with Gasteiger partial charge in [-0.3, -0.25) is 9.69 Å². The number of rotatable bonds is 4. The van der Waals surface area contributed by atoms with Crippen LogP contribution in [0.1, 0.15) is 12.0 Å². The molecule has 6 heteroatoms. The smallest absolute Gasteiger partial charge is 0.317 e. The van der Waals surface area contributed by atoms with Gasteiger partial charge < -0.3 is 5.11 Å². The maximum Gasteiger partial charge on any atom is 0.317 e. The van der Waals surface area contributed by atoms with Crippen molar-refractivity contribution in [1.29, 1.82) is 0 Å². The van der Waals surface area contributed by atoms with Gasteiger partial charge in [-0.1, -0.05) is 12.1 Å². The number of aliphatic carboxylic acids is 1. The van der Waals surface area contributed by atoms with Crippen LogP contribution in [0.4, 0.5) is 4.39 Å². The van der Waals surface area contributed by atoms with Crippen LogP contribution in [0.25, 0.3) is 11.3 Å². The third-order valence-corrected chi connectivity index (χ3v) is 3.68. The second kappa shape index (κ2) is 6.11. The molecule has 0 fully saturated rings. The number of hydrogen-bond acceptors (Lipinski definition) is 3. The zero-order valence-corrected chi connectivity index (χ0v) is 11.9. The van der Waals surface area contributed by atoms with Gasteiger partial charge in [0, 0.05) is 24.8 Å². The molecular weight excluding hydrogens is 285 g/mol. The van der Waals surface area contributed by atoms with Crippen LogP contribution in [0.3, 0.4) is 0 Å². The summed E-state index contributed by atoms with van der Waals surface area (Å²) in [7, 11) is 0. The minimum absolute atomic E-state index is 0.0618. The van der Waals surface area contributed by atoms with E-state index in [2.05, 4.69) is 5.10 Å². The van der Waals surface area contributed by atoms with Crippen LogP contribution >= 0.6 is 0 Å². The second-order valence-electron chi connectivity index (χ2n) is 5.26. The molecule has 0 saturated carbocycles. The molecule has 0 unspecified atom stereocenters. The molecule has 1 aromatic heterocycles. The van der Waals surface area contributed by atoms with Gasteiger partial charge in [0.25, 0.3) is 0 Å². The predicted octanol–water partition coefficient (Wildman–Crippen LogP) is 2.19. The van der Waals surface area contributed by atoms with E-state index < -0.39 is 5.97 Å². The van der Waals surface area contributed by atoms with Crippen LogP contribution in [-0.4, -0.2) is 45.4 Å². The summed E-state index contributed by atoms with van der Waals surface area (Å²) in [4.78, 5) is 12.6. The van der Waals surface area contributed by atoms with E-state index in [4.69, 9.17) is 5.11 Å². The van der Waals surface area contributed by atoms with Crippen LogP contribution in [0.15, 0.2) is 42.7 Å². The van der Waals surface area contributed by atoms with E-state index in [1.165, 1.54) is 12.1 Å². The molecule has 2 heterocycles. The summed E-state index contributed by atoms with van der Waals surface area (Å²) in [6.45, 7) is 1.39. The van der Waals surface area contributed by atoms with Gasteiger partial charge in [0.05, 0.1) is 18.4 Å². The summed E-state index contributed by atoms with van der Waals surface area (Å²) >= 11 is 0. The van der Waals surface area contributed by atoms with Gasteiger partial charge in [-0.2, -0.15) is 5.10 Å². The van der Waals surface area contributed by atoms with Gasteiger partial charge in [-0.25, -0.2) is 9.07 Å². The Balaban J connectivity index is 1.75. The average molecular weight is 301 g/mol. The quantitative estimate of drug-likeness (QED) is 0.940. The summed E-state index contributed by atoms with van der Waals surface area (Å²) in [5.41, 5.74) is 2.80. The van der Waals surface area contributed by atoms with Crippen molar-refractivity contribution in [2.75, 3.05) is 19.6 Å². The molecule has 22 heavy (non-hydrogen) atoms. The fourth-order valence-electron chi connectivity index (χ4n) is 2.56. The Kier molecular flexibility index (Phi) is 4.02. The van der Waals surface area contributed by atoms with Crippen molar-refractivity contribution in [3.63, 3.8) is 0 Å². The van der Waals surface area contributed by atoms with Crippen LogP contribution < -0.4 is 0 Å². The summed E-state index contributed by atoms with van der Waals surface area (Å²) in [5.74, 6) is -1.11. The van der Waals surface area contributed by atoms with Crippen LogP contribution in [-0.2, 0) is 4.79 Å². The number of benzene rings is 1. The number of carboxylic acid groups (broad SMARTS) is 1. The Morgan fingerprint density at radius 3 is 2.95 bits per heavy atom. The summed E-state index contributed by atoms with van der Waals surface area (Å²) in [5, 5.41) is 13.1. The van der Waals surface area contributed by atoms with Gasteiger partial charge >= 0.3 is 5.97 Å². The number of halogens is 1. The lowest BCUT2D eigenvalue weighted by molar-refractivity contribution is -0.138. The Hall–Kier alpha value is -2.47. The highest BCUT2D eigenvalue weighted by atomic mass is 19.1. The second-order valence-corrected chi connectivity index (χ2v) is 5.26. The van der Waals surface area contributed by atoms with E-state index in [9.17, 15) is 9.18 Å². The molecule has 2 aromatic rings. The molecule has 0 saturated heterocycles. The number of nitrogens with zero attached hydrogens (tertiary/aromatic N) is 3. The first-order valence-electron chi connectivity index (χ1n) is 7.06. The molecule has 5 nitrogen and oxygen atoms in total. The Morgan fingerprint density at radius 1 is 1.41 bits per heavy atom. The number of hydrogen-bond donors (Lipinski definition) is 1. The van der Waals surface area contributed by atoms with Crippen molar-refractivity contribution in [3.05, 3.63) is 54.1 Å². The lowest BCUT2D eigenvalue weighted by atomic mass is 10.0. The van der Waals surface area contributed by atoms with Gasteiger partial charge in [0.1, 0.15) is 5.82 Å². The van der Waals surface area contributed by atoms with Crippen molar-refractivity contribution >= 4 is 11.5 Å². The topological polar surface area (TPSA) is 58.4 Å². The number of aromatic nitrogens is 2. The molecule has 0 radical (unpaired) electrons. The predicted molar refractivity (Wildman–Crippen MR) is 80.2 cm³/mol. The van der Waals surface area contributed by atoms with Crippen LogP contribution in [0, 0.1) is 5.82 Å². The molecule has 1 N–H and O–H groups in total. The molecular formula is C16H16FN3O2. The zero-order chi connectivity index (χ0) is 15.5. The first-order valence-corrected chi connectivity index (χ1v) is 7.06. The molecule has 114 valence electrons. The molecule has 0 spiro atoms. The Bertz CT molecular complexity index is 724. The van der Waals surface area contributed by atoms with Gasteiger partial charge in [-0.05, 0) is 30.2 Å². The van der Waals surface area contributed by atoms with Crippen molar-refractivity contribution in [2.45, 2.75) is 6.42 Å². The largest absolute Gasteiger partial charge is 0.480 e. The van der Waals surface area contributed by atoms with Crippen molar-refractivity contribution in [3.8, 4) is 5.69 Å². The molecule has 1 aliphatic heterocycles. The van der Waals surface area contributed by atoms with Gasteiger partial charge in [-0.15, -0.1) is 0 Å². The van der Waals surface area contributed by atoms with E-state index >= 15 is 0 Å². The summed E-state index contributed by atoms with van der Waals surface area (Å²) < 4.78 is 14.9. The summed E-state index contributed by atoms with van der Waals surface area (Å²) in [6.07, 6.45) is 6.43. The van der Waals surface area contributed by atoms with E-state index in [1.807, 2.05) is 17.2 Å².